The number of para-hydroxylation sites is 1. The standard InChI is InChI=1S/C52H37N5/c1-3-4-28-46-35(2)43-30-31-45-44-27-17-18-29-47(44)57(52-54-50(38-23-13-7-14-24-38)53-51(55-52)39-25-15-8-16-26-39)49(45)48(43)56(46)42-33-40(36-19-9-5-10-20-36)32-41(34-42)37-21-11-6-12-22-37/h3-34H,1H2,2H3/b28-4-. The topological polar surface area (TPSA) is 48.5 Å². The molecule has 270 valence electrons. The van der Waals surface area contributed by atoms with Gasteiger partial charge in [-0.1, -0.05) is 170 Å². The first-order valence-corrected chi connectivity index (χ1v) is 19.2. The van der Waals surface area contributed by atoms with Gasteiger partial charge in [0.15, 0.2) is 11.6 Å². The molecule has 0 aliphatic rings. The summed E-state index contributed by atoms with van der Waals surface area (Å²) in [6, 6.07) is 61.5. The first-order valence-electron chi connectivity index (χ1n) is 19.2. The maximum absolute atomic E-state index is 5.27. The summed E-state index contributed by atoms with van der Waals surface area (Å²) < 4.78 is 4.66. The van der Waals surface area contributed by atoms with E-state index in [0.29, 0.717) is 17.6 Å². The van der Waals surface area contributed by atoms with Gasteiger partial charge in [0.1, 0.15) is 0 Å². The van der Waals surface area contributed by atoms with Crippen LogP contribution in [0.5, 0.6) is 0 Å². The molecule has 7 aromatic carbocycles. The molecule has 0 saturated heterocycles. The summed E-state index contributed by atoms with van der Waals surface area (Å²) in [7, 11) is 0. The zero-order chi connectivity index (χ0) is 38.3. The molecule has 3 heterocycles. The summed E-state index contributed by atoms with van der Waals surface area (Å²) in [5, 5.41) is 3.37. The number of allylic oxidation sites excluding steroid dienone is 2. The van der Waals surface area contributed by atoms with E-state index >= 15 is 0 Å². The molecule has 0 aliphatic heterocycles. The van der Waals surface area contributed by atoms with Crippen LogP contribution in [-0.4, -0.2) is 24.1 Å². The van der Waals surface area contributed by atoms with Crippen LogP contribution in [0.25, 0.3) is 95.5 Å². The molecule has 0 bridgehead atoms. The Morgan fingerprint density at radius 2 is 0.947 bits per heavy atom. The van der Waals surface area contributed by atoms with E-state index in [1.54, 1.807) is 0 Å². The van der Waals surface area contributed by atoms with Crippen molar-refractivity contribution in [2.45, 2.75) is 6.92 Å². The fourth-order valence-electron chi connectivity index (χ4n) is 8.06. The van der Waals surface area contributed by atoms with Crippen LogP contribution in [0.1, 0.15) is 11.3 Å². The van der Waals surface area contributed by atoms with Gasteiger partial charge in [-0.05, 0) is 65.1 Å². The Kier molecular flexibility index (Phi) is 8.46. The number of aryl methyl sites for hydroxylation is 1. The Labute approximate surface area is 331 Å². The molecule has 10 rings (SSSR count). The fraction of sp³-hybridized carbons (Fsp3) is 0.0192. The van der Waals surface area contributed by atoms with Crippen LogP contribution >= 0.6 is 0 Å². The Bertz CT molecular complexity index is 3010. The number of rotatable bonds is 8. The Hall–Kier alpha value is -7.63. The average molecular weight is 732 g/mol. The second kappa shape index (κ2) is 14.2. The number of hydrogen-bond acceptors (Lipinski definition) is 3. The highest BCUT2D eigenvalue weighted by Crippen LogP contribution is 2.42. The maximum atomic E-state index is 5.27. The lowest BCUT2D eigenvalue weighted by atomic mass is 9.98. The van der Waals surface area contributed by atoms with Crippen LogP contribution in [0.15, 0.2) is 195 Å². The first kappa shape index (κ1) is 33.9. The minimum atomic E-state index is 0.554. The molecule has 3 aromatic heterocycles. The second-order valence-electron chi connectivity index (χ2n) is 14.2. The van der Waals surface area contributed by atoms with Crippen molar-refractivity contribution in [3.05, 3.63) is 206 Å². The van der Waals surface area contributed by atoms with Crippen molar-refractivity contribution < 1.29 is 0 Å². The maximum Gasteiger partial charge on any atom is 0.238 e. The zero-order valence-electron chi connectivity index (χ0n) is 31.4. The minimum absolute atomic E-state index is 0.554. The Balaban J connectivity index is 1.36. The van der Waals surface area contributed by atoms with Gasteiger partial charge in [0.25, 0.3) is 0 Å². The third-order valence-electron chi connectivity index (χ3n) is 10.7. The Morgan fingerprint density at radius 1 is 0.456 bits per heavy atom. The van der Waals surface area contributed by atoms with E-state index in [0.717, 1.165) is 77.5 Å². The average Bonchev–Trinajstić information content (AvgIpc) is 3.78. The van der Waals surface area contributed by atoms with Gasteiger partial charge in [-0.15, -0.1) is 0 Å². The lowest BCUT2D eigenvalue weighted by molar-refractivity contribution is 0.952. The molecule has 0 unspecified atom stereocenters. The SMILES string of the molecule is C=C/C=C\c1c(C)c2ccc3c4ccccc4n(-c4nc(-c5ccccc5)nc(-c5ccccc5)n4)c3c2n1-c1cc(-c2ccccc2)cc(-c2ccccc2)c1. The molecule has 0 amide bonds. The smallest absolute Gasteiger partial charge is 0.238 e. The van der Waals surface area contributed by atoms with Gasteiger partial charge in [0.05, 0.1) is 16.6 Å². The van der Waals surface area contributed by atoms with Gasteiger partial charge in [0, 0.05) is 38.7 Å². The van der Waals surface area contributed by atoms with Crippen LogP contribution in [0, 0.1) is 6.92 Å². The molecule has 0 saturated carbocycles. The van der Waals surface area contributed by atoms with Gasteiger partial charge in [0.2, 0.25) is 5.95 Å². The Morgan fingerprint density at radius 3 is 1.51 bits per heavy atom. The van der Waals surface area contributed by atoms with E-state index in [9.17, 15) is 0 Å². The van der Waals surface area contributed by atoms with Gasteiger partial charge in [-0.25, -0.2) is 4.98 Å². The lowest BCUT2D eigenvalue weighted by Crippen LogP contribution is -2.07. The summed E-state index contributed by atoms with van der Waals surface area (Å²) in [5.74, 6) is 1.78. The van der Waals surface area contributed by atoms with Crippen molar-refractivity contribution in [1.82, 2.24) is 24.1 Å². The summed E-state index contributed by atoms with van der Waals surface area (Å²) >= 11 is 0. The van der Waals surface area contributed by atoms with Crippen LogP contribution < -0.4 is 0 Å². The lowest BCUT2D eigenvalue weighted by Gasteiger charge is -2.16. The molecule has 57 heavy (non-hydrogen) atoms. The third-order valence-corrected chi connectivity index (χ3v) is 10.7. The fourth-order valence-corrected chi connectivity index (χ4v) is 8.06. The molecule has 0 atom stereocenters. The van der Waals surface area contributed by atoms with Crippen LogP contribution in [0.3, 0.4) is 0 Å². The van der Waals surface area contributed by atoms with Gasteiger partial charge >= 0.3 is 0 Å². The molecule has 5 heteroatoms. The minimum Gasteiger partial charge on any atom is -0.307 e. The molecule has 10 aromatic rings. The number of benzene rings is 7. The predicted octanol–water partition coefficient (Wildman–Crippen LogP) is 13.1. The highest BCUT2D eigenvalue weighted by Gasteiger charge is 2.24. The van der Waals surface area contributed by atoms with E-state index in [4.69, 9.17) is 15.0 Å². The molecule has 0 fully saturated rings. The van der Waals surface area contributed by atoms with E-state index < -0.39 is 0 Å². The van der Waals surface area contributed by atoms with Crippen molar-refractivity contribution in [2.24, 2.45) is 0 Å². The normalized spacial score (nSPS) is 11.6. The number of aromatic nitrogens is 5. The van der Waals surface area contributed by atoms with E-state index in [2.05, 4.69) is 168 Å². The molecule has 0 aliphatic carbocycles. The molecule has 0 radical (unpaired) electrons. The van der Waals surface area contributed by atoms with E-state index in [1.165, 1.54) is 5.56 Å². The number of fused-ring (bicyclic) bond motifs is 5. The third kappa shape index (κ3) is 5.94. The van der Waals surface area contributed by atoms with Crippen molar-refractivity contribution in [2.75, 3.05) is 0 Å². The number of nitrogens with zero attached hydrogens (tertiary/aromatic N) is 5. The summed E-state index contributed by atoms with van der Waals surface area (Å²) in [6.07, 6.45) is 6.03. The summed E-state index contributed by atoms with van der Waals surface area (Å²) in [5.41, 5.74) is 12.8. The number of hydrogen-bond donors (Lipinski definition) is 0. The summed E-state index contributed by atoms with van der Waals surface area (Å²) in [4.78, 5) is 15.6. The zero-order valence-corrected chi connectivity index (χ0v) is 31.4. The van der Waals surface area contributed by atoms with Gasteiger partial charge < -0.3 is 4.57 Å². The highest BCUT2D eigenvalue weighted by molar-refractivity contribution is 6.19. The van der Waals surface area contributed by atoms with Gasteiger partial charge in [-0.2, -0.15) is 9.97 Å². The van der Waals surface area contributed by atoms with Crippen molar-refractivity contribution in [1.29, 1.82) is 0 Å². The first-order chi connectivity index (χ1) is 28.2. The molecular weight excluding hydrogens is 695 g/mol. The van der Waals surface area contributed by atoms with Crippen LogP contribution in [0.2, 0.25) is 0 Å². The van der Waals surface area contributed by atoms with E-state index in [1.807, 2.05) is 48.6 Å². The summed E-state index contributed by atoms with van der Waals surface area (Å²) in [6.45, 7) is 6.26. The molecular formula is C52H37N5. The largest absolute Gasteiger partial charge is 0.307 e. The van der Waals surface area contributed by atoms with Crippen molar-refractivity contribution in [3.63, 3.8) is 0 Å². The molecule has 0 N–H and O–H groups in total. The second-order valence-corrected chi connectivity index (χ2v) is 14.2. The molecule has 5 nitrogen and oxygen atoms in total. The molecule has 0 spiro atoms. The van der Waals surface area contributed by atoms with E-state index in [-0.39, 0.29) is 0 Å². The highest BCUT2D eigenvalue weighted by atomic mass is 15.2. The van der Waals surface area contributed by atoms with Crippen LogP contribution in [-0.2, 0) is 0 Å². The quantitative estimate of drug-likeness (QED) is 0.146. The van der Waals surface area contributed by atoms with Gasteiger partial charge in [-0.3, -0.25) is 4.57 Å². The van der Waals surface area contributed by atoms with Crippen molar-refractivity contribution >= 4 is 38.8 Å². The predicted molar refractivity (Wildman–Crippen MR) is 237 cm³/mol. The van der Waals surface area contributed by atoms with Crippen molar-refractivity contribution in [3.8, 4) is 56.7 Å². The monoisotopic (exact) mass is 731 g/mol. The van der Waals surface area contributed by atoms with Crippen LogP contribution in [0.4, 0.5) is 0 Å².